The number of halogens is 1. The summed E-state index contributed by atoms with van der Waals surface area (Å²) in [4.78, 5) is 14.3. The molecule has 8 nitrogen and oxygen atoms in total. The largest absolute Gasteiger partial charge is 0.493 e. The summed E-state index contributed by atoms with van der Waals surface area (Å²) in [5.41, 5.74) is 0.683. The van der Waals surface area contributed by atoms with E-state index in [-0.39, 0.29) is 30.4 Å². The maximum absolute atomic E-state index is 13.0. The first-order chi connectivity index (χ1) is 14.4. The van der Waals surface area contributed by atoms with Gasteiger partial charge in [0.1, 0.15) is 0 Å². The zero-order valence-electron chi connectivity index (χ0n) is 16.8. The van der Waals surface area contributed by atoms with E-state index in [0.29, 0.717) is 35.3 Å². The third-order valence-electron chi connectivity index (χ3n) is 4.89. The van der Waals surface area contributed by atoms with Crippen LogP contribution < -0.4 is 14.8 Å². The average molecular weight is 454 g/mol. The molecule has 0 bridgehead atoms. The molecular weight excluding hydrogens is 430 g/mol. The zero-order chi connectivity index (χ0) is 21.7. The molecule has 10 heteroatoms. The Balaban J connectivity index is 1.60. The Kier molecular flexibility index (Phi) is 7.06. The van der Waals surface area contributed by atoms with E-state index in [1.807, 2.05) is 12.1 Å². The maximum Gasteiger partial charge on any atom is 0.243 e. The van der Waals surface area contributed by atoms with Gasteiger partial charge in [-0.15, -0.1) is 0 Å². The van der Waals surface area contributed by atoms with Crippen LogP contribution in [0.5, 0.6) is 11.5 Å². The van der Waals surface area contributed by atoms with Crippen molar-refractivity contribution < 1.29 is 22.7 Å². The number of hydrogen-bond acceptors (Lipinski definition) is 6. The topological polar surface area (TPSA) is 88.2 Å². The van der Waals surface area contributed by atoms with Gasteiger partial charge in [0.15, 0.2) is 11.5 Å². The highest BCUT2D eigenvalue weighted by atomic mass is 35.5. The van der Waals surface area contributed by atoms with Crippen molar-refractivity contribution in [3.63, 3.8) is 0 Å². The van der Waals surface area contributed by atoms with Crippen LogP contribution in [-0.2, 0) is 14.8 Å². The minimum Gasteiger partial charge on any atom is -0.493 e. The number of sulfonamides is 1. The van der Waals surface area contributed by atoms with Crippen molar-refractivity contribution in [3.05, 3.63) is 47.5 Å². The number of piperazine rings is 1. The number of hydrogen-bond donors (Lipinski definition) is 1. The fourth-order valence-corrected chi connectivity index (χ4v) is 4.83. The van der Waals surface area contributed by atoms with Gasteiger partial charge < -0.3 is 19.7 Å². The molecule has 2 aromatic carbocycles. The standard InChI is InChI=1S/C20H24ClN3O5S/c1-28-18-8-7-15(13-19(18)29-2)30(26,27)24-11-9-23(10-12-24)20(25)14-22-17-6-4-3-5-16(17)21/h3-8,13,22H,9-12,14H2,1-2H3. The molecule has 1 amide bonds. The van der Waals surface area contributed by atoms with Gasteiger partial charge in [-0.05, 0) is 24.3 Å². The highest BCUT2D eigenvalue weighted by Gasteiger charge is 2.30. The molecule has 0 spiro atoms. The van der Waals surface area contributed by atoms with Crippen molar-refractivity contribution in [2.45, 2.75) is 4.90 Å². The molecule has 1 heterocycles. The molecule has 0 atom stereocenters. The lowest BCUT2D eigenvalue weighted by atomic mass is 10.3. The van der Waals surface area contributed by atoms with Crippen molar-refractivity contribution >= 4 is 33.2 Å². The fourth-order valence-electron chi connectivity index (χ4n) is 3.19. The van der Waals surface area contributed by atoms with Crippen LogP contribution in [0.4, 0.5) is 5.69 Å². The summed E-state index contributed by atoms with van der Waals surface area (Å²) >= 11 is 6.08. The molecule has 1 aliphatic heterocycles. The number of carbonyl (C=O) groups excluding carboxylic acids is 1. The number of anilines is 1. The van der Waals surface area contributed by atoms with E-state index in [0.717, 1.165) is 0 Å². The quantitative estimate of drug-likeness (QED) is 0.692. The van der Waals surface area contributed by atoms with Crippen LogP contribution in [0.2, 0.25) is 5.02 Å². The Hall–Kier alpha value is -2.49. The summed E-state index contributed by atoms with van der Waals surface area (Å²) in [5.74, 6) is 0.689. The van der Waals surface area contributed by atoms with E-state index in [4.69, 9.17) is 21.1 Å². The molecule has 3 rings (SSSR count). The van der Waals surface area contributed by atoms with Gasteiger partial charge in [-0.2, -0.15) is 4.31 Å². The van der Waals surface area contributed by atoms with Crippen molar-refractivity contribution in [1.29, 1.82) is 0 Å². The molecule has 0 aromatic heterocycles. The minimum absolute atomic E-state index is 0.0894. The van der Waals surface area contributed by atoms with Gasteiger partial charge in [-0.1, -0.05) is 23.7 Å². The number of benzene rings is 2. The summed E-state index contributed by atoms with van der Waals surface area (Å²) in [6.07, 6.45) is 0. The summed E-state index contributed by atoms with van der Waals surface area (Å²) in [6, 6.07) is 11.7. The number of para-hydroxylation sites is 1. The second kappa shape index (κ2) is 9.55. The minimum atomic E-state index is -3.70. The average Bonchev–Trinajstić information content (AvgIpc) is 2.77. The Morgan fingerprint density at radius 1 is 1.03 bits per heavy atom. The molecule has 0 saturated carbocycles. The number of rotatable bonds is 7. The van der Waals surface area contributed by atoms with E-state index < -0.39 is 10.0 Å². The van der Waals surface area contributed by atoms with Crippen molar-refractivity contribution in [2.24, 2.45) is 0 Å². The summed E-state index contributed by atoms with van der Waals surface area (Å²) in [7, 11) is -0.760. The molecule has 162 valence electrons. The Labute approximate surface area is 181 Å². The van der Waals surface area contributed by atoms with E-state index in [1.54, 1.807) is 23.1 Å². The highest BCUT2D eigenvalue weighted by Crippen LogP contribution is 2.31. The monoisotopic (exact) mass is 453 g/mol. The van der Waals surface area contributed by atoms with Gasteiger partial charge in [0.2, 0.25) is 15.9 Å². The normalized spacial score (nSPS) is 15.0. The SMILES string of the molecule is COc1ccc(S(=O)(=O)N2CCN(C(=O)CNc3ccccc3Cl)CC2)cc1OC. The molecule has 0 unspecified atom stereocenters. The summed E-state index contributed by atoms with van der Waals surface area (Å²) in [6.45, 7) is 1.15. The highest BCUT2D eigenvalue weighted by molar-refractivity contribution is 7.89. The molecule has 30 heavy (non-hydrogen) atoms. The van der Waals surface area contributed by atoms with Gasteiger partial charge in [0, 0.05) is 32.2 Å². The number of nitrogens with zero attached hydrogens (tertiary/aromatic N) is 2. The molecule has 2 aromatic rings. The second-order valence-corrected chi connectivity index (χ2v) is 8.98. The van der Waals surface area contributed by atoms with Crippen LogP contribution in [0.3, 0.4) is 0 Å². The number of methoxy groups -OCH3 is 2. The third kappa shape index (κ3) is 4.80. The van der Waals surface area contributed by atoms with Crippen molar-refractivity contribution in [1.82, 2.24) is 9.21 Å². The van der Waals surface area contributed by atoms with Crippen LogP contribution in [0.15, 0.2) is 47.4 Å². The molecule has 0 aliphatic carbocycles. The molecule has 1 saturated heterocycles. The molecule has 1 N–H and O–H groups in total. The lowest BCUT2D eigenvalue weighted by molar-refractivity contribution is -0.130. The third-order valence-corrected chi connectivity index (χ3v) is 7.11. The van der Waals surface area contributed by atoms with E-state index in [2.05, 4.69) is 5.32 Å². The predicted octanol–water partition coefficient (Wildman–Crippen LogP) is 2.30. The van der Waals surface area contributed by atoms with Crippen LogP contribution >= 0.6 is 11.6 Å². The zero-order valence-corrected chi connectivity index (χ0v) is 18.4. The van der Waals surface area contributed by atoms with Crippen LogP contribution in [0.1, 0.15) is 0 Å². The van der Waals surface area contributed by atoms with E-state index >= 15 is 0 Å². The van der Waals surface area contributed by atoms with Gasteiger partial charge in [0.25, 0.3) is 0 Å². The van der Waals surface area contributed by atoms with Gasteiger partial charge in [-0.3, -0.25) is 4.79 Å². The molecule has 1 aliphatic rings. The predicted molar refractivity (Wildman–Crippen MR) is 115 cm³/mol. The first-order valence-electron chi connectivity index (χ1n) is 9.35. The second-order valence-electron chi connectivity index (χ2n) is 6.64. The van der Waals surface area contributed by atoms with Gasteiger partial charge in [-0.25, -0.2) is 8.42 Å². The van der Waals surface area contributed by atoms with E-state index in [1.165, 1.54) is 30.7 Å². The Morgan fingerprint density at radius 3 is 2.33 bits per heavy atom. The number of carbonyl (C=O) groups is 1. The Morgan fingerprint density at radius 2 is 1.70 bits per heavy atom. The lowest BCUT2D eigenvalue weighted by Crippen LogP contribution is -2.51. The first kappa shape index (κ1) is 22.2. The van der Waals surface area contributed by atoms with Crippen molar-refractivity contribution in [3.8, 4) is 11.5 Å². The smallest absolute Gasteiger partial charge is 0.243 e. The van der Waals surface area contributed by atoms with Crippen LogP contribution in [0.25, 0.3) is 0 Å². The maximum atomic E-state index is 13.0. The molecular formula is C20H24ClN3O5S. The van der Waals surface area contributed by atoms with Crippen LogP contribution in [-0.4, -0.2) is 70.5 Å². The van der Waals surface area contributed by atoms with Gasteiger partial charge in [0.05, 0.1) is 36.4 Å². The summed E-state index contributed by atoms with van der Waals surface area (Å²) < 4.78 is 37.7. The number of nitrogens with one attached hydrogen (secondary N) is 1. The fraction of sp³-hybridized carbons (Fsp3) is 0.350. The molecule has 0 radical (unpaired) electrons. The summed E-state index contributed by atoms with van der Waals surface area (Å²) in [5, 5.41) is 3.56. The number of amides is 1. The molecule has 1 fully saturated rings. The Bertz CT molecular complexity index is 1010. The lowest BCUT2D eigenvalue weighted by Gasteiger charge is -2.34. The van der Waals surface area contributed by atoms with E-state index in [9.17, 15) is 13.2 Å². The van der Waals surface area contributed by atoms with Gasteiger partial charge >= 0.3 is 0 Å². The van der Waals surface area contributed by atoms with Crippen LogP contribution in [0, 0.1) is 0 Å². The van der Waals surface area contributed by atoms with Crippen molar-refractivity contribution in [2.75, 3.05) is 52.3 Å². The first-order valence-corrected chi connectivity index (χ1v) is 11.2. The number of ether oxygens (including phenoxy) is 2.